The zero-order valence-electron chi connectivity index (χ0n) is 15.9. The van der Waals surface area contributed by atoms with Crippen LogP contribution in [0.1, 0.15) is 50.8 Å². The Morgan fingerprint density at radius 1 is 1.07 bits per heavy atom. The maximum atomic E-state index is 12.7. The Hall–Kier alpha value is -3.13. The molecule has 0 atom stereocenters. The average Bonchev–Trinajstić information content (AvgIpc) is 2.95. The zero-order valence-corrected chi connectivity index (χ0v) is 16.8. The second-order valence-corrected chi connectivity index (χ2v) is 7.60. The van der Waals surface area contributed by atoms with E-state index in [1.807, 2.05) is 6.92 Å². The molecule has 8 heteroatoms. The van der Waals surface area contributed by atoms with E-state index in [9.17, 15) is 19.2 Å². The summed E-state index contributed by atoms with van der Waals surface area (Å²) in [5.41, 5.74) is 6.57. The average molecular weight is 411 g/mol. The van der Waals surface area contributed by atoms with E-state index in [-0.39, 0.29) is 28.7 Å². The van der Waals surface area contributed by atoms with Crippen molar-refractivity contribution >= 4 is 41.1 Å². The largest absolute Gasteiger partial charge is 0.369 e. The van der Waals surface area contributed by atoms with Gasteiger partial charge in [-0.15, -0.1) is 11.8 Å². The molecule has 0 aliphatic carbocycles. The van der Waals surface area contributed by atoms with Gasteiger partial charge in [-0.25, -0.2) is 0 Å². The lowest BCUT2D eigenvalue weighted by Gasteiger charge is -2.12. The summed E-state index contributed by atoms with van der Waals surface area (Å²) in [5, 5.41) is 2.79. The number of carbonyl (C=O) groups excluding carboxylic acids is 4. The zero-order chi connectivity index (χ0) is 21.0. The molecule has 1 heterocycles. The van der Waals surface area contributed by atoms with Crippen LogP contribution in [0.4, 0.5) is 5.69 Å². The van der Waals surface area contributed by atoms with Gasteiger partial charge in [0.05, 0.1) is 22.6 Å². The molecular weight excluding hydrogens is 390 g/mol. The summed E-state index contributed by atoms with van der Waals surface area (Å²) in [4.78, 5) is 50.7. The third kappa shape index (κ3) is 4.48. The number of nitrogens with one attached hydrogen (secondary N) is 1. The number of unbranched alkanes of at least 4 members (excludes halogenated alkanes) is 1. The Morgan fingerprint density at radius 2 is 1.79 bits per heavy atom. The lowest BCUT2D eigenvalue weighted by Crippen LogP contribution is -2.30. The molecule has 29 heavy (non-hydrogen) atoms. The molecule has 0 saturated carbocycles. The first-order valence-electron chi connectivity index (χ1n) is 9.24. The fraction of sp³-hybridized carbons (Fsp3) is 0.238. The molecule has 4 amide bonds. The molecule has 1 aliphatic heterocycles. The number of nitrogens with two attached hydrogens (primary N) is 1. The topological polar surface area (TPSA) is 110 Å². The molecule has 0 radical (unpaired) electrons. The number of nitrogens with zero attached hydrogens (tertiary/aromatic N) is 1. The second-order valence-electron chi connectivity index (χ2n) is 6.58. The number of amides is 4. The molecule has 0 fully saturated rings. The van der Waals surface area contributed by atoms with Crippen LogP contribution >= 0.6 is 11.8 Å². The number of benzene rings is 2. The van der Waals surface area contributed by atoms with Crippen molar-refractivity contribution in [1.82, 2.24) is 4.90 Å². The van der Waals surface area contributed by atoms with Crippen LogP contribution in [-0.2, 0) is 4.79 Å². The van der Waals surface area contributed by atoms with Crippen molar-refractivity contribution < 1.29 is 19.2 Å². The maximum absolute atomic E-state index is 12.7. The summed E-state index contributed by atoms with van der Waals surface area (Å²) in [5.74, 6) is -1.46. The molecule has 0 saturated heterocycles. The fourth-order valence-corrected chi connectivity index (χ4v) is 3.74. The minimum Gasteiger partial charge on any atom is -0.369 e. The van der Waals surface area contributed by atoms with E-state index >= 15 is 0 Å². The Bertz CT molecular complexity index is 990. The Labute approximate surface area is 172 Å². The second kappa shape index (κ2) is 8.91. The van der Waals surface area contributed by atoms with Gasteiger partial charge in [-0.2, -0.15) is 0 Å². The number of carbonyl (C=O) groups is 4. The van der Waals surface area contributed by atoms with Crippen molar-refractivity contribution in [2.24, 2.45) is 5.73 Å². The van der Waals surface area contributed by atoms with Crippen molar-refractivity contribution in [2.45, 2.75) is 24.7 Å². The number of para-hydroxylation sites is 1. The van der Waals surface area contributed by atoms with Gasteiger partial charge in [0.25, 0.3) is 17.7 Å². The monoisotopic (exact) mass is 411 g/mol. The number of thioether (sulfide) groups is 1. The molecule has 1 aliphatic rings. The Balaban J connectivity index is 1.80. The molecular formula is C21H21N3O4S. The van der Waals surface area contributed by atoms with Gasteiger partial charge in [-0.05, 0) is 36.8 Å². The summed E-state index contributed by atoms with van der Waals surface area (Å²) >= 11 is 1.23. The molecule has 7 nitrogen and oxygen atoms in total. The first kappa shape index (κ1) is 20.6. The van der Waals surface area contributed by atoms with Crippen molar-refractivity contribution in [3.05, 3.63) is 59.2 Å². The van der Waals surface area contributed by atoms with Gasteiger partial charge >= 0.3 is 0 Å². The van der Waals surface area contributed by atoms with E-state index in [0.717, 1.165) is 12.8 Å². The molecule has 2 aromatic rings. The van der Waals surface area contributed by atoms with Crippen LogP contribution < -0.4 is 11.1 Å². The molecule has 0 bridgehead atoms. The quantitative estimate of drug-likeness (QED) is 0.513. The predicted molar refractivity (Wildman–Crippen MR) is 111 cm³/mol. The Kier molecular flexibility index (Phi) is 6.33. The van der Waals surface area contributed by atoms with Crippen LogP contribution in [0.25, 0.3) is 0 Å². The highest BCUT2D eigenvalue weighted by Gasteiger charge is 2.35. The van der Waals surface area contributed by atoms with Gasteiger partial charge in [-0.3, -0.25) is 24.1 Å². The number of hydrogen-bond acceptors (Lipinski definition) is 5. The molecule has 2 aromatic carbocycles. The van der Waals surface area contributed by atoms with Crippen LogP contribution in [0.2, 0.25) is 0 Å². The third-order valence-corrected chi connectivity index (χ3v) is 5.57. The smallest absolute Gasteiger partial charge is 0.261 e. The van der Waals surface area contributed by atoms with Crippen molar-refractivity contribution in [2.75, 3.05) is 17.6 Å². The van der Waals surface area contributed by atoms with Crippen molar-refractivity contribution in [1.29, 1.82) is 0 Å². The van der Waals surface area contributed by atoms with E-state index in [1.165, 1.54) is 34.9 Å². The summed E-state index contributed by atoms with van der Waals surface area (Å²) in [7, 11) is 0. The minimum absolute atomic E-state index is 0.0932. The molecule has 3 rings (SSSR count). The molecule has 0 unspecified atom stereocenters. The highest BCUT2D eigenvalue weighted by molar-refractivity contribution is 8.00. The first-order chi connectivity index (χ1) is 13.9. The highest BCUT2D eigenvalue weighted by atomic mass is 32.2. The summed E-state index contributed by atoms with van der Waals surface area (Å²) < 4.78 is 0. The lowest BCUT2D eigenvalue weighted by atomic mass is 10.1. The number of imide groups is 1. The Morgan fingerprint density at radius 3 is 2.52 bits per heavy atom. The van der Waals surface area contributed by atoms with Gasteiger partial charge in [0.15, 0.2) is 0 Å². The van der Waals surface area contributed by atoms with Gasteiger partial charge in [0.1, 0.15) is 0 Å². The van der Waals surface area contributed by atoms with Gasteiger partial charge < -0.3 is 11.1 Å². The number of rotatable bonds is 8. The van der Waals surface area contributed by atoms with E-state index in [4.69, 9.17) is 5.73 Å². The normalized spacial score (nSPS) is 12.8. The first-order valence-corrected chi connectivity index (χ1v) is 10.2. The SMILES string of the molecule is CCCCN1C(=O)c2ccc(C(=O)Nc3ccccc3SCC(N)=O)cc2C1=O. The number of primary amides is 1. The van der Waals surface area contributed by atoms with Crippen LogP contribution in [0.3, 0.4) is 0 Å². The summed E-state index contributed by atoms with van der Waals surface area (Å²) in [6, 6.07) is 11.6. The minimum atomic E-state index is -0.453. The van der Waals surface area contributed by atoms with Crippen LogP contribution in [-0.4, -0.2) is 40.8 Å². The van der Waals surface area contributed by atoms with Crippen molar-refractivity contribution in [3.63, 3.8) is 0 Å². The summed E-state index contributed by atoms with van der Waals surface area (Å²) in [6.07, 6.45) is 1.60. The number of fused-ring (bicyclic) bond motifs is 1. The molecule has 0 spiro atoms. The number of hydrogen-bond donors (Lipinski definition) is 2. The standard InChI is InChI=1S/C21H21N3O4S/c1-2-3-10-24-20(27)14-9-8-13(11-15(14)21(24)28)19(26)23-16-6-4-5-7-17(16)29-12-18(22)25/h4-9,11H,2-3,10,12H2,1H3,(H2,22,25)(H,23,26). The van der Waals surface area contributed by atoms with Gasteiger partial charge in [0.2, 0.25) is 5.91 Å². The van der Waals surface area contributed by atoms with Crippen molar-refractivity contribution in [3.8, 4) is 0 Å². The molecule has 3 N–H and O–H groups in total. The lowest BCUT2D eigenvalue weighted by molar-refractivity contribution is -0.115. The maximum Gasteiger partial charge on any atom is 0.261 e. The fourth-order valence-electron chi connectivity index (χ4n) is 2.99. The van der Waals surface area contributed by atoms with E-state index in [0.29, 0.717) is 22.7 Å². The predicted octanol–water partition coefficient (Wildman–Crippen LogP) is 2.91. The van der Waals surface area contributed by atoms with E-state index in [1.54, 1.807) is 24.3 Å². The van der Waals surface area contributed by atoms with E-state index in [2.05, 4.69) is 5.32 Å². The highest BCUT2D eigenvalue weighted by Crippen LogP contribution is 2.28. The van der Waals surface area contributed by atoms with Crippen LogP contribution in [0.15, 0.2) is 47.4 Å². The van der Waals surface area contributed by atoms with Gasteiger partial charge in [-0.1, -0.05) is 25.5 Å². The summed E-state index contributed by atoms with van der Waals surface area (Å²) in [6.45, 7) is 2.36. The molecule has 0 aromatic heterocycles. The van der Waals surface area contributed by atoms with Crippen LogP contribution in [0, 0.1) is 0 Å². The van der Waals surface area contributed by atoms with Crippen LogP contribution in [0.5, 0.6) is 0 Å². The third-order valence-electron chi connectivity index (χ3n) is 4.47. The molecule has 150 valence electrons. The van der Waals surface area contributed by atoms with E-state index < -0.39 is 11.8 Å². The number of anilines is 1. The van der Waals surface area contributed by atoms with Gasteiger partial charge in [0, 0.05) is 17.0 Å².